The SMILES string of the molecule is Cc1nn(CC2CCC(C(=O)O)CC2)c2ccccc12. The van der Waals surface area contributed by atoms with Crippen molar-refractivity contribution in [2.24, 2.45) is 11.8 Å². The van der Waals surface area contributed by atoms with E-state index >= 15 is 0 Å². The van der Waals surface area contributed by atoms with Crippen molar-refractivity contribution in [3.63, 3.8) is 0 Å². The summed E-state index contributed by atoms with van der Waals surface area (Å²) in [6, 6.07) is 8.30. The number of hydrogen-bond acceptors (Lipinski definition) is 2. The zero-order chi connectivity index (χ0) is 14.1. The normalized spacial score (nSPS) is 23.1. The quantitative estimate of drug-likeness (QED) is 0.933. The van der Waals surface area contributed by atoms with Crippen LogP contribution in [0, 0.1) is 18.8 Å². The van der Waals surface area contributed by atoms with Crippen molar-refractivity contribution in [2.75, 3.05) is 0 Å². The molecule has 106 valence electrons. The smallest absolute Gasteiger partial charge is 0.306 e. The molecule has 0 bridgehead atoms. The molecule has 1 aliphatic rings. The van der Waals surface area contributed by atoms with Crippen molar-refractivity contribution in [3.8, 4) is 0 Å². The molecule has 20 heavy (non-hydrogen) atoms. The summed E-state index contributed by atoms with van der Waals surface area (Å²) >= 11 is 0. The van der Waals surface area contributed by atoms with Gasteiger partial charge in [0, 0.05) is 11.9 Å². The maximum absolute atomic E-state index is 11.0. The van der Waals surface area contributed by atoms with Crippen LogP contribution in [-0.2, 0) is 11.3 Å². The lowest BCUT2D eigenvalue weighted by Gasteiger charge is -2.26. The van der Waals surface area contributed by atoms with Crippen molar-refractivity contribution in [1.29, 1.82) is 0 Å². The number of nitrogens with zero attached hydrogens (tertiary/aromatic N) is 2. The van der Waals surface area contributed by atoms with Crippen LogP contribution in [0.15, 0.2) is 24.3 Å². The molecule has 1 aliphatic carbocycles. The third-order valence-corrected chi connectivity index (χ3v) is 4.47. The maximum atomic E-state index is 11.0. The minimum Gasteiger partial charge on any atom is -0.481 e. The minimum atomic E-state index is -0.635. The highest BCUT2D eigenvalue weighted by molar-refractivity contribution is 5.81. The van der Waals surface area contributed by atoms with Gasteiger partial charge in [0.05, 0.1) is 17.1 Å². The Bertz CT molecular complexity index is 624. The Balaban J connectivity index is 1.73. The predicted octanol–water partition coefficient (Wildman–Crippen LogP) is 3.24. The van der Waals surface area contributed by atoms with Crippen molar-refractivity contribution < 1.29 is 9.90 Å². The first-order valence-electron chi connectivity index (χ1n) is 7.30. The van der Waals surface area contributed by atoms with Crippen LogP contribution in [0.4, 0.5) is 0 Å². The molecular formula is C16H20N2O2. The molecule has 0 atom stereocenters. The van der Waals surface area contributed by atoms with Gasteiger partial charge in [-0.15, -0.1) is 0 Å². The molecule has 0 spiro atoms. The van der Waals surface area contributed by atoms with E-state index in [4.69, 9.17) is 5.11 Å². The Morgan fingerprint density at radius 2 is 2.00 bits per heavy atom. The van der Waals surface area contributed by atoms with Gasteiger partial charge in [0.1, 0.15) is 0 Å². The number of aryl methyl sites for hydroxylation is 1. The molecule has 3 rings (SSSR count). The van der Waals surface area contributed by atoms with Crippen LogP contribution in [0.5, 0.6) is 0 Å². The van der Waals surface area contributed by atoms with E-state index in [9.17, 15) is 4.79 Å². The van der Waals surface area contributed by atoms with Crippen molar-refractivity contribution in [2.45, 2.75) is 39.2 Å². The predicted molar refractivity (Wildman–Crippen MR) is 77.6 cm³/mol. The van der Waals surface area contributed by atoms with E-state index < -0.39 is 5.97 Å². The van der Waals surface area contributed by atoms with Crippen LogP contribution in [0.25, 0.3) is 10.9 Å². The molecule has 0 radical (unpaired) electrons. The summed E-state index contributed by atoms with van der Waals surface area (Å²) in [5.74, 6) is -0.223. The number of para-hydroxylation sites is 1. The Morgan fingerprint density at radius 1 is 1.30 bits per heavy atom. The fraction of sp³-hybridized carbons (Fsp3) is 0.500. The average molecular weight is 272 g/mol. The summed E-state index contributed by atoms with van der Waals surface area (Å²) in [6.45, 7) is 2.95. The van der Waals surface area contributed by atoms with Crippen molar-refractivity contribution in [1.82, 2.24) is 9.78 Å². The fourth-order valence-corrected chi connectivity index (χ4v) is 3.27. The molecule has 1 aromatic carbocycles. The largest absolute Gasteiger partial charge is 0.481 e. The Morgan fingerprint density at radius 3 is 2.70 bits per heavy atom. The number of carbonyl (C=O) groups is 1. The number of aliphatic carboxylic acids is 1. The molecule has 1 N–H and O–H groups in total. The zero-order valence-electron chi connectivity index (χ0n) is 11.7. The van der Waals surface area contributed by atoms with Gasteiger partial charge in [0.15, 0.2) is 0 Å². The van der Waals surface area contributed by atoms with Gasteiger partial charge in [-0.25, -0.2) is 0 Å². The van der Waals surface area contributed by atoms with Crippen LogP contribution in [0.2, 0.25) is 0 Å². The number of carboxylic acid groups (broad SMARTS) is 1. The van der Waals surface area contributed by atoms with Crippen molar-refractivity contribution in [3.05, 3.63) is 30.0 Å². The third-order valence-electron chi connectivity index (χ3n) is 4.47. The molecular weight excluding hydrogens is 252 g/mol. The zero-order valence-corrected chi connectivity index (χ0v) is 11.7. The second kappa shape index (κ2) is 5.27. The number of carboxylic acids is 1. The second-order valence-electron chi connectivity index (χ2n) is 5.84. The van der Waals surface area contributed by atoms with E-state index in [1.54, 1.807) is 0 Å². The van der Waals surface area contributed by atoms with Crippen LogP contribution in [0.1, 0.15) is 31.4 Å². The number of hydrogen-bond donors (Lipinski definition) is 1. The molecule has 0 aliphatic heterocycles. The van der Waals surface area contributed by atoms with Gasteiger partial charge < -0.3 is 5.11 Å². The molecule has 0 unspecified atom stereocenters. The molecule has 1 heterocycles. The summed E-state index contributed by atoms with van der Waals surface area (Å²) in [4.78, 5) is 11.0. The van der Waals surface area contributed by atoms with Crippen LogP contribution >= 0.6 is 0 Å². The monoisotopic (exact) mass is 272 g/mol. The molecule has 0 amide bonds. The van der Waals surface area contributed by atoms with Gasteiger partial charge in [-0.2, -0.15) is 5.10 Å². The number of rotatable bonds is 3. The van der Waals surface area contributed by atoms with E-state index in [1.165, 1.54) is 10.9 Å². The van der Waals surface area contributed by atoms with Crippen LogP contribution < -0.4 is 0 Å². The maximum Gasteiger partial charge on any atom is 0.306 e. The molecule has 1 aromatic heterocycles. The Hall–Kier alpha value is -1.84. The fourth-order valence-electron chi connectivity index (χ4n) is 3.27. The lowest BCUT2D eigenvalue weighted by atomic mass is 9.82. The minimum absolute atomic E-state index is 0.137. The summed E-state index contributed by atoms with van der Waals surface area (Å²) in [5.41, 5.74) is 2.25. The first kappa shape index (κ1) is 13.2. The summed E-state index contributed by atoms with van der Waals surface area (Å²) in [6.07, 6.45) is 3.59. The lowest BCUT2D eigenvalue weighted by molar-refractivity contribution is -0.143. The Labute approximate surface area is 118 Å². The highest BCUT2D eigenvalue weighted by Gasteiger charge is 2.26. The summed E-state index contributed by atoms with van der Waals surface area (Å²) in [5, 5.41) is 14.9. The van der Waals surface area contributed by atoms with Crippen LogP contribution in [0.3, 0.4) is 0 Å². The molecule has 2 aromatic rings. The number of benzene rings is 1. The average Bonchev–Trinajstić information content (AvgIpc) is 2.77. The molecule has 1 fully saturated rings. The van der Waals surface area contributed by atoms with Crippen LogP contribution in [-0.4, -0.2) is 20.9 Å². The molecule has 4 nitrogen and oxygen atoms in total. The topological polar surface area (TPSA) is 55.1 Å². The summed E-state index contributed by atoms with van der Waals surface area (Å²) in [7, 11) is 0. The molecule has 0 saturated heterocycles. The van der Waals surface area contributed by atoms with Gasteiger partial charge in [-0.1, -0.05) is 18.2 Å². The van der Waals surface area contributed by atoms with Crippen molar-refractivity contribution >= 4 is 16.9 Å². The Kier molecular flexibility index (Phi) is 3.47. The third kappa shape index (κ3) is 2.42. The van der Waals surface area contributed by atoms with E-state index in [0.29, 0.717) is 5.92 Å². The second-order valence-corrected chi connectivity index (χ2v) is 5.84. The highest BCUT2D eigenvalue weighted by atomic mass is 16.4. The van der Waals surface area contributed by atoms with Gasteiger partial charge in [-0.3, -0.25) is 9.48 Å². The lowest BCUT2D eigenvalue weighted by Crippen LogP contribution is -2.24. The van der Waals surface area contributed by atoms with Gasteiger partial charge in [-0.05, 0) is 44.6 Å². The standard InChI is InChI=1S/C16H20N2O2/c1-11-14-4-2-3-5-15(14)18(17-11)10-12-6-8-13(9-7-12)16(19)20/h2-5,12-13H,6-10H2,1H3,(H,19,20). The first-order chi connectivity index (χ1) is 9.65. The number of fused-ring (bicyclic) bond motifs is 1. The summed E-state index contributed by atoms with van der Waals surface area (Å²) < 4.78 is 2.09. The van der Waals surface area contributed by atoms with Gasteiger partial charge >= 0.3 is 5.97 Å². The molecule has 1 saturated carbocycles. The van der Waals surface area contributed by atoms with E-state index in [1.807, 2.05) is 19.1 Å². The van der Waals surface area contributed by atoms with E-state index in [-0.39, 0.29) is 5.92 Å². The molecule has 4 heteroatoms. The van der Waals surface area contributed by atoms with Gasteiger partial charge in [0.25, 0.3) is 0 Å². The van der Waals surface area contributed by atoms with Gasteiger partial charge in [0.2, 0.25) is 0 Å². The highest BCUT2D eigenvalue weighted by Crippen LogP contribution is 2.30. The first-order valence-corrected chi connectivity index (χ1v) is 7.30. The van der Waals surface area contributed by atoms with E-state index in [0.717, 1.165) is 37.9 Å². The van der Waals surface area contributed by atoms with E-state index in [2.05, 4.69) is 21.9 Å². The number of aromatic nitrogens is 2.